The van der Waals surface area contributed by atoms with Gasteiger partial charge in [-0.25, -0.2) is 4.79 Å². The Hall–Kier alpha value is -3.63. The molecule has 0 amide bonds. The largest absolute Gasteiger partial charge is 0.478 e. The molecule has 0 radical (unpaired) electrons. The molecule has 1 atom stereocenters. The van der Waals surface area contributed by atoms with Gasteiger partial charge in [0.2, 0.25) is 0 Å². The van der Waals surface area contributed by atoms with E-state index in [1.165, 1.54) is 36.9 Å². The van der Waals surface area contributed by atoms with Gasteiger partial charge in [-0.2, -0.15) is 0 Å². The zero-order valence-electron chi connectivity index (χ0n) is 20.4. The maximum Gasteiger partial charge on any atom is 0.345 e. The molecule has 4 heteroatoms. The number of fused-ring (bicyclic) bond motifs is 2. The van der Waals surface area contributed by atoms with Crippen LogP contribution < -0.4 is 4.74 Å². The van der Waals surface area contributed by atoms with E-state index in [2.05, 4.69) is 56.3 Å². The first-order chi connectivity index (χ1) is 16.8. The van der Waals surface area contributed by atoms with Crippen LogP contribution in [0.3, 0.4) is 0 Å². The molecule has 5 rings (SSSR count). The summed E-state index contributed by atoms with van der Waals surface area (Å²) in [5.74, 6) is -0.316. The number of benzene rings is 4. The summed E-state index contributed by atoms with van der Waals surface area (Å²) in [6.45, 7) is 8.38. The second-order valence-corrected chi connectivity index (χ2v) is 10.5. The molecule has 176 valence electrons. The second kappa shape index (κ2) is 9.20. The average molecular weight is 481 g/mol. The number of carboxylic acids is 1. The van der Waals surface area contributed by atoms with Gasteiger partial charge in [-0.15, -0.1) is 11.3 Å². The molecule has 0 saturated carbocycles. The molecule has 0 aliphatic heterocycles. The number of thiophene rings is 1. The van der Waals surface area contributed by atoms with Crippen LogP contribution in [0.2, 0.25) is 0 Å². The van der Waals surface area contributed by atoms with Gasteiger partial charge >= 0.3 is 5.97 Å². The van der Waals surface area contributed by atoms with E-state index in [9.17, 15) is 9.90 Å². The minimum Gasteiger partial charge on any atom is -0.478 e. The van der Waals surface area contributed by atoms with Gasteiger partial charge in [-0.05, 0) is 90.0 Å². The Balaban J connectivity index is 1.62. The monoisotopic (exact) mass is 480 g/mol. The van der Waals surface area contributed by atoms with Crippen LogP contribution in [-0.2, 0) is 11.2 Å². The maximum absolute atomic E-state index is 12.0. The quantitative estimate of drug-likeness (QED) is 0.268. The van der Waals surface area contributed by atoms with Crippen molar-refractivity contribution in [2.45, 2.75) is 40.2 Å². The highest BCUT2D eigenvalue weighted by Gasteiger charge is 2.23. The van der Waals surface area contributed by atoms with Crippen molar-refractivity contribution in [3.63, 3.8) is 0 Å². The molecule has 1 heterocycles. The lowest BCUT2D eigenvalue weighted by Gasteiger charge is -2.20. The molecule has 35 heavy (non-hydrogen) atoms. The Morgan fingerprint density at radius 2 is 1.57 bits per heavy atom. The van der Waals surface area contributed by atoms with Crippen molar-refractivity contribution >= 4 is 38.2 Å². The van der Waals surface area contributed by atoms with Crippen molar-refractivity contribution in [2.24, 2.45) is 0 Å². The van der Waals surface area contributed by atoms with Crippen molar-refractivity contribution < 1.29 is 14.6 Å². The normalized spacial score (nSPS) is 12.2. The maximum atomic E-state index is 12.0. The first kappa shape index (κ1) is 23.1. The van der Waals surface area contributed by atoms with Gasteiger partial charge < -0.3 is 9.84 Å². The molecule has 1 aromatic heterocycles. The van der Waals surface area contributed by atoms with Gasteiger partial charge in [0.1, 0.15) is 5.75 Å². The number of aliphatic carboxylic acids is 1. The summed E-state index contributed by atoms with van der Waals surface area (Å²) in [7, 11) is 0. The standard InChI is InChI=1S/C31H28O3S/c1-18-14-24(15-19(2)30(18)34-26(31(32)33)16-22-10-6-5-7-11-22)29-25-13-9-8-12-23(25)17-27-28(29)20(3)21(4)35-27/h5-15,17,26H,16H2,1-4H3,(H,32,33)/t26-/m1/s1. The Bertz CT molecular complexity index is 1540. The van der Waals surface area contributed by atoms with E-state index in [1.807, 2.05) is 55.5 Å². The minimum atomic E-state index is -0.961. The highest BCUT2D eigenvalue weighted by atomic mass is 32.1. The van der Waals surface area contributed by atoms with Gasteiger partial charge in [0, 0.05) is 21.4 Å². The number of aryl methyl sites for hydroxylation is 4. The molecule has 4 aromatic carbocycles. The Morgan fingerprint density at radius 3 is 2.26 bits per heavy atom. The molecule has 0 aliphatic carbocycles. The van der Waals surface area contributed by atoms with Crippen LogP contribution in [0.1, 0.15) is 27.1 Å². The van der Waals surface area contributed by atoms with Crippen LogP contribution in [0.4, 0.5) is 0 Å². The average Bonchev–Trinajstić information content (AvgIpc) is 3.12. The highest BCUT2D eigenvalue weighted by Crippen LogP contribution is 2.44. The zero-order valence-corrected chi connectivity index (χ0v) is 21.2. The summed E-state index contributed by atoms with van der Waals surface area (Å²) in [6.07, 6.45) is -0.639. The molecule has 3 nitrogen and oxygen atoms in total. The second-order valence-electron chi connectivity index (χ2n) is 9.20. The lowest BCUT2D eigenvalue weighted by molar-refractivity contribution is -0.145. The van der Waals surface area contributed by atoms with E-state index in [0.29, 0.717) is 12.2 Å². The van der Waals surface area contributed by atoms with Crippen LogP contribution in [0, 0.1) is 27.7 Å². The number of carbonyl (C=O) groups is 1. The van der Waals surface area contributed by atoms with Crippen molar-refractivity contribution in [3.05, 3.63) is 99.9 Å². The minimum absolute atomic E-state index is 0.314. The highest BCUT2D eigenvalue weighted by molar-refractivity contribution is 7.19. The number of rotatable bonds is 6. The Labute approximate surface area is 209 Å². The van der Waals surface area contributed by atoms with Gasteiger partial charge in [-0.3, -0.25) is 0 Å². The molecule has 0 unspecified atom stereocenters. The van der Waals surface area contributed by atoms with E-state index in [1.54, 1.807) is 0 Å². The van der Waals surface area contributed by atoms with Crippen LogP contribution in [0.5, 0.6) is 5.75 Å². The molecule has 0 fully saturated rings. The van der Waals surface area contributed by atoms with E-state index in [0.717, 1.165) is 22.3 Å². The van der Waals surface area contributed by atoms with Gasteiger partial charge in [0.05, 0.1) is 0 Å². The lowest BCUT2D eigenvalue weighted by atomic mass is 9.91. The lowest BCUT2D eigenvalue weighted by Crippen LogP contribution is -2.30. The van der Waals surface area contributed by atoms with Crippen molar-refractivity contribution in [2.75, 3.05) is 0 Å². The van der Waals surface area contributed by atoms with Gasteiger partial charge in [0.25, 0.3) is 0 Å². The number of hydrogen-bond acceptors (Lipinski definition) is 3. The van der Waals surface area contributed by atoms with Gasteiger partial charge in [-0.1, -0.05) is 54.6 Å². The predicted molar refractivity (Wildman–Crippen MR) is 146 cm³/mol. The Kier molecular flexibility index (Phi) is 6.08. The molecule has 0 bridgehead atoms. The van der Waals surface area contributed by atoms with Crippen LogP contribution in [-0.4, -0.2) is 17.2 Å². The first-order valence-corrected chi connectivity index (χ1v) is 12.6. The van der Waals surface area contributed by atoms with E-state index < -0.39 is 12.1 Å². The molecular formula is C31H28O3S. The fourth-order valence-corrected chi connectivity index (χ4v) is 6.05. The van der Waals surface area contributed by atoms with E-state index in [4.69, 9.17) is 4.74 Å². The van der Waals surface area contributed by atoms with E-state index >= 15 is 0 Å². The molecule has 0 spiro atoms. The molecule has 5 aromatic rings. The third-order valence-corrected chi connectivity index (χ3v) is 7.88. The van der Waals surface area contributed by atoms with E-state index in [-0.39, 0.29) is 0 Å². The number of carboxylic acid groups (broad SMARTS) is 1. The fourth-order valence-electron chi connectivity index (χ4n) is 4.92. The van der Waals surface area contributed by atoms with Crippen LogP contribution in [0.15, 0.2) is 72.8 Å². The molecule has 1 N–H and O–H groups in total. The summed E-state index contributed by atoms with van der Waals surface area (Å²) in [4.78, 5) is 13.4. The van der Waals surface area contributed by atoms with Gasteiger partial charge in [0.15, 0.2) is 6.10 Å². The summed E-state index contributed by atoms with van der Waals surface area (Å²) >= 11 is 1.84. The molecule has 0 aliphatic rings. The van der Waals surface area contributed by atoms with Crippen molar-refractivity contribution in [1.29, 1.82) is 0 Å². The van der Waals surface area contributed by atoms with Crippen LogP contribution >= 0.6 is 11.3 Å². The number of hydrogen-bond donors (Lipinski definition) is 1. The zero-order chi connectivity index (χ0) is 24.7. The Morgan fingerprint density at radius 1 is 0.914 bits per heavy atom. The predicted octanol–water partition coefficient (Wildman–Crippen LogP) is 8.03. The summed E-state index contributed by atoms with van der Waals surface area (Å²) in [5, 5.41) is 13.6. The third kappa shape index (κ3) is 4.30. The first-order valence-electron chi connectivity index (χ1n) is 11.8. The SMILES string of the molecule is Cc1cc(-c2c3ccccc3cc3sc(C)c(C)c23)cc(C)c1O[C@H](Cc1ccccc1)C(=O)O. The summed E-state index contributed by atoms with van der Waals surface area (Å²) < 4.78 is 7.43. The fraction of sp³-hybridized carbons (Fsp3) is 0.194. The summed E-state index contributed by atoms with van der Waals surface area (Å²) in [5.41, 5.74) is 6.49. The van der Waals surface area contributed by atoms with Crippen molar-refractivity contribution in [1.82, 2.24) is 0 Å². The smallest absolute Gasteiger partial charge is 0.345 e. The third-order valence-electron chi connectivity index (χ3n) is 6.73. The number of ether oxygens (including phenoxy) is 1. The summed E-state index contributed by atoms with van der Waals surface area (Å²) in [6, 6.07) is 24.7. The molecular weight excluding hydrogens is 452 g/mol. The van der Waals surface area contributed by atoms with Crippen LogP contribution in [0.25, 0.3) is 32.0 Å². The van der Waals surface area contributed by atoms with Crippen molar-refractivity contribution in [3.8, 4) is 16.9 Å². The topological polar surface area (TPSA) is 46.5 Å². The molecule has 0 saturated heterocycles.